The normalized spacial score (nSPS) is 13.2. The van der Waals surface area contributed by atoms with Crippen molar-refractivity contribution in [2.45, 2.75) is 19.5 Å². The Labute approximate surface area is 98.6 Å². The summed E-state index contributed by atoms with van der Waals surface area (Å²) in [6, 6.07) is 5.34. The number of aromatic nitrogens is 2. The van der Waals surface area contributed by atoms with Gasteiger partial charge in [0.2, 0.25) is 0 Å². The van der Waals surface area contributed by atoms with Gasteiger partial charge in [-0.05, 0) is 25.1 Å². The van der Waals surface area contributed by atoms with Crippen LogP contribution in [0.2, 0.25) is 5.02 Å². The van der Waals surface area contributed by atoms with Crippen LogP contribution in [0, 0.1) is 0 Å². The fourth-order valence-corrected chi connectivity index (χ4v) is 1.97. The number of aliphatic hydroxyl groups is 1. The number of hydrogen-bond donors (Lipinski definition) is 2. The van der Waals surface area contributed by atoms with Crippen molar-refractivity contribution in [2.24, 2.45) is 5.73 Å². The van der Waals surface area contributed by atoms with Crippen LogP contribution in [0.3, 0.4) is 0 Å². The quantitative estimate of drug-likeness (QED) is 0.857. The van der Waals surface area contributed by atoms with Crippen molar-refractivity contribution >= 4 is 22.6 Å². The van der Waals surface area contributed by atoms with Crippen molar-refractivity contribution < 1.29 is 5.11 Å². The van der Waals surface area contributed by atoms with E-state index in [0.29, 0.717) is 11.6 Å². The fourth-order valence-electron chi connectivity index (χ4n) is 1.80. The van der Waals surface area contributed by atoms with E-state index < -0.39 is 0 Å². The van der Waals surface area contributed by atoms with Gasteiger partial charge in [-0.2, -0.15) is 0 Å². The van der Waals surface area contributed by atoms with Crippen LogP contribution in [-0.4, -0.2) is 21.3 Å². The van der Waals surface area contributed by atoms with E-state index in [1.54, 1.807) is 6.07 Å². The van der Waals surface area contributed by atoms with E-state index in [1.807, 2.05) is 23.6 Å². The maximum atomic E-state index is 9.04. The summed E-state index contributed by atoms with van der Waals surface area (Å²) in [5, 5.41) is 9.69. The van der Waals surface area contributed by atoms with Crippen LogP contribution in [0.15, 0.2) is 18.2 Å². The molecule has 0 radical (unpaired) electrons. The Morgan fingerprint density at radius 2 is 2.31 bits per heavy atom. The first-order valence-corrected chi connectivity index (χ1v) is 5.53. The summed E-state index contributed by atoms with van der Waals surface area (Å²) in [7, 11) is 0. The minimum atomic E-state index is -0.169. The molecule has 0 saturated heterocycles. The summed E-state index contributed by atoms with van der Waals surface area (Å²) >= 11 is 5.91. The predicted octanol–water partition coefficient (Wildman–Crippen LogP) is 1.70. The Morgan fingerprint density at radius 3 is 2.94 bits per heavy atom. The number of aliphatic hydroxyl groups excluding tert-OH is 1. The third-order valence-corrected chi connectivity index (χ3v) is 2.71. The Kier molecular flexibility index (Phi) is 3.14. The first-order valence-electron chi connectivity index (χ1n) is 5.15. The summed E-state index contributed by atoms with van der Waals surface area (Å²) in [4.78, 5) is 4.43. The van der Waals surface area contributed by atoms with Crippen molar-refractivity contribution in [3.05, 3.63) is 29.0 Å². The highest BCUT2D eigenvalue weighted by atomic mass is 35.5. The van der Waals surface area contributed by atoms with Crippen LogP contribution in [0.5, 0.6) is 0 Å². The maximum absolute atomic E-state index is 9.04. The minimum Gasteiger partial charge on any atom is -0.395 e. The van der Waals surface area contributed by atoms with Crippen LogP contribution in [0.1, 0.15) is 18.8 Å². The molecule has 1 heterocycles. The van der Waals surface area contributed by atoms with Gasteiger partial charge in [-0.1, -0.05) is 11.6 Å². The Morgan fingerprint density at radius 1 is 1.56 bits per heavy atom. The third kappa shape index (κ3) is 1.91. The van der Waals surface area contributed by atoms with Gasteiger partial charge < -0.3 is 15.4 Å². The second-order valence-electron chi connectivity index (χ2n) is 3.77. The predicted molar refractivity (Wildman–Crippen MR) is 64.4 cm³/mol. The average molecular weight is 240 g/mol. The molecule has 0 bridgehead atoms. The number of imidazole rings is 1. The SMILES string of the molecule is CC(N)c1nc2cc(Cl)ccc2n1CCO. The molecule has 16 heavy (non-hydrogen) atoms. The Bertz CT molecular complexity index is 507. The molecule has 2 aromatic rings. The third-order valence-electron chi connectivity index (χ3n) is 2.47. The minimum absolute atomic E-state index is 0.0633. The van der Waals surface area contributed by atoms with E-state index >= 15 is 0 Å². The van der Waals surface area contributed by atoms with Gasteiger partial charge in [0.1, 0.15) is 5.82 Å². The Balaban J connectivity index is 2.65. The van der Waals surface area contributed by atoms with Gasteiger partial charge in [-0.15, -0.1) is 0 Å². The van der Waals surface area contributed by atoms with Gasteiger partial charge in [0, 0.05) is 11.6 Å². The average Bonchev–Trinajstić information content (AvgIpc) is 2.57. The molecule has 1 aromatic carbocycles. The van der Waals surface area contributed by atoms with Gasteiger partial charge in [0.05, 0.1) is 23.7 Å². The number of nitrogens with two attached hydrogens (primary N) is 1. The highest BCUT2D eigenvalue weighted by Crippen LogP contribution is 2.22. The first-order chi connectivity index (χ1) is 7.63. The highest BCUT2D eigenvalue weighted by molar-refractivity contribution is 6.31. The summed E-state index contributed by atoms with van der Waals surface area (Å²) in [5.41, 5.74) is 7.61. The maximum Gasteiger partial charge on any atom is 0.126 e. The molecule has 1 atom stereocenters. The number of fused-ring (bicyclic) bond motifs is 1. The molecule has 86 valence electrons. The van der Waals surface area contributed by atoms with Crippen molar-refractivity contribution in [1.82, 2.24) is 9.55 Å². The van der Waals surface area contributed by atoms with Crippen molar-refractivity contribution in [1.29, 1.82) is 0 Å². The number of halogens is 1. The van der Waals surface area contributed by atoms with Gasteiger partial charge in [-0.25, -0.2) is 4.98 Å². The smallest absolute Gasteiger partial charge is 0.126 e. The van der Waals surface area contributed by atoms with E-state index in [1.165, 1.54) is 0 Å². The van der Waals surface area contributed by atoms with Gasteiger partial charge >= 0.3 is 0 Å². The van der Waals surface area contributed by atoms with E-state index in [9.17, 15) is 0 Å². The van der Waals surface area contributed by atoms with Crippen LogP contribution in [0.25, 0.3) is 11.0 Å². The van der Waals surface area contributed by atoms with Crippen LogP contribution >= 0.6 is 11.6 Å². The zero-order valence-electron chi connectivity index (χ0n) is 9.02. The summed E-state index contributed by atoms with van der Waals surface area (Å²) in [6.07, 6.45) is 0. The number of nitrogens with zero attached hydrogens (tertiary/aromatic N) is 2. The molecule has 3 N–H and O–H groups in total. The van der Waals surface area contributed by atoms with E-state index in [4.69, 9.17) is 22.4 Å². The molecule has 1 aromatic heterocycles. The topological polar surface area (TPSA) is 64.1 Å². The van der Waals surface area contributed by atoms with Crippen LogP contribution in [-0.2, 0) is 6.54 Å². The van der Waals surface area contributed by atoms with E-state index in [2.05, 4.69) is 4.98 Å². The molecule has 0 aliphatic carbocycles. The lowest BCUT2D eigenvalue weighted by Crippen LogP contribution is -2.14. The van der Waals surface area contributed by atoms with E-state index in [-0.39, 0.29) is 12.6 Å². The molecular formula is C11H14ClN3O. The van der Waals surface area contributed by atoms with Crippen molar-refractivity contribution in [3.8, 4) is 0 Å². The molecule has 0 spiro atoms. The summed E-state index contributed by atoms with van der Waals surface area (Å²) < 4.78 is 1.93. The highest BCUT2D eigenvalue weighted by Gasteiger charge is 2.13. The second kappa shape index (κ2) is 4.41. The monoisotopic (exact) mass is 239 g/mol. The van der Waals surface area contributed by atoms with Gasteiger partial charge in [0.25, 0.3) is 0 Å². The molecule has 0 amide bonds. The largest absolute Gasteiger partial charge is 0.395 e. The molecule has 0 aliphatic rings. The molecule has 5 heteroatoms. The zero-order chi connectivity index (χ0) is 11.7. The van der Waals surface area contributed by atoms with Gasteiger partial charge in [0.15, 0.2) is 0 Å². The molecule has 0 aliphatic heterocycles. The lowest BCUT2D eigenvalue weighted by molar-refractivity contribution is 0.275. The lowest BCUT2D eigenvalue weighted by Gasteiger charge is -2.09. The molecule has 1 unspecified atom stereocenters. The van der Waals surface area contributed by atoms with Crippen LogP contribution in [0.4, 0.5) is 0 Å². The van der Waals surface area contributed by atoms with Gasteiger partial charge in [-0.3, -0.25) is 0 Å². The zero-order valence-corrected chi connectivity index (χ0v) is 9.78. The molecule has 0 saturated carbocycles. The molecule has 0 fully saturated rings. The Hall–Kier alpha value is -1.10. The number of rotatable bonds is 3. The van der Waals surface area contributed by atoms with Crippen molar-refractivity contribution in [3.63, 3.8) is 0 Å². The summed E-state index contributed by atoms with van der Waals surface area (Å²) in [6.45, 7) is 2.43. The fraction of sp³-hybridized carbons (Fsp3) is 0.364. The molecular weight excluding hydrogens is 226 g/mol. The number of benzene rings is 1. The van der Waals surface area contributed by atoms with Crippen LogP contribution < -0.4 is 5.73 Å². The molecule has 2 rings (SSSR count). The lowest BCUT2D eigenvalue weighted by atomic mass is 10.3. The van der Waals surface area contributed by atoms with Crippen molar-refractivity contribution in [2.75, 3.05) is 6.61 Å². The standard InChI is InChI=1S/C11H14ClN3O/c1-7(13)11-14-9-6-8(12)2-3-10(9)15(11)4-5-16/h2-3,6-7,16H,4-5,13H2,1H3. The molecule has 4 nitrogen and oxygen atoms in total. The second-order valence-corrected chi connectivity index (χ2v) is 4.20. The number of hydrogen-bond acceptors (Lipinski definition) is 3. The van der Waals surface area contributed by atoms with E-state index in [0.717, 1.165) is 16.9 Å². The summed E-state index contributed by atoms with van der Waals surface area (Å²) in [5.74, 6) is 0.770. The first kappa shape index (κ1) is 11.4.